The highest BCUT2D eigenvalue weighted by molar-refractivity contribution is 6.31. The van der Waals surface area contributed by atoms with Gasteiger partial charge >= 0.3 is 5.97 Å². The third-order valence-electron chi connectivity index (χ3n) is 3.37. The van der Waals surface area contributed by atoms with Crippen molar-refractivity contribution >= 4 is 23.3 Å². The lowest BCUT2D eigenvalue weighted by molar-refractivity contribution is -0.138. The zero-order valence-corrected chi connectivity index (χ0v) is 13.2. The van der Waals surface area contributed by atoms with Crippen molar-refractivity contribution < 1.29 is 14.6 Å². The van der Waals surface area contributed by atoms with Crippen molar-refractivity contribution in [2.24, 2.45) is 0 Å². The van der Waals surface area contributed by atoms with Crippen molar-refractivity contribution in [3.05, 3.63) is 53.6 Å². The van der Waals surface area contributed by atoms with Crippen molar-refractivity contribution in [1.82, 2.24) is 0 Å². The maximum Gasteiger partial charge on any atom is 0.326 e. The zero-order chi connectivity index (χ0) is 16.1. The molecule has 116 valence electrons. The van der Waals surface area contributed by atoms with Crippen LogP contribution in [0.4, 0.5) is 5.69 Å². The summed E-state index contributed by atoms with van der Waals surface area (Å²) in [6.07, 6.45) is 0. The smallest absolute Gasteiger partial charge is 0.326 e. The first-order valence-corrected chi connectivity index (χ1v) is 7.42. The number of anilines is 1. The molecular weight excluding hydrogens is 302 g/mol. The molecule has 0 aliphatic rings. The number of ether oxygens (including phenoxy) is 1. The number of carboxylic acid groups (broad SMARTS) is 1. The van der Waals surface area contributed by atoms with Gasteiger partial charge in [-0.2, -0.15) is 0 Å². The number of halogens is 1. The normalized spacial score (nSPS) is 11.8. The number of likely N-dealkylation sites (N-methyl/N-ethyl adjacent to an activating group) is 1. The van der Waals surface area contributed by atoms with E-state index in [-0.39, 0.29) is 0 Å². The van der Waals surface area contributed by atoms with Crippen LogP contribution in [0.1, 0.15) is 13.8 Å². The highest BCUT2D eigenvalue weighted by Crippen LogP contribution is 2.35. The summed E-state index contributed by atoms with van der Waals surface area (Å²) in [6.45, 7) is 4.06. The molecule has 0 heterocycles. The number of benzene rings is 2. The Labute approximate surface area is 134 Å². The van der Waals surface area contributed by atoms with E-state index in [0.29, 0.717) is 28.8 Å². The van der Waals surface area contributed by atoms with Crippen LogP contribution in [0.5, 0.6) is 11.5 Å². The van der Waals surface area contributed by atoms with Crippen LogP contribution in [0, 0.1) is 0 Å². The average molecular weight is 320 g/mol. The van der Waals surface area contributed by atoms with Gasteiger partial charge in [0.1, 0.15) is 11.8 Å². The van der Waals surface area contributed by atoms with Gasteiger partial charge in [0, 0.05) is 11.6 Å². The van der Waals surface area contributed by atoms with Crippen LogP contribution in [0.15, 0.2) is 48.5 Å². The van der Waals surface area contributed by atoms with Crippen molar-refractivity contribution in [2.75, 3.05) is 11.4 Å². The molecule has 0 saturated heterocycles. The lowest BCUT2D eigenvalue weighted by Gasteiger charge is -2.29. The first-order valence-electron chi connectivity index (χ1n) is 7.04. The number of para-hydroxylation sites is 1. The van der Waals surface area contributed by atoms with Gasteiger partial charge in [-0.25, -0.2) is 4.79 Å². The Kier molecular flexibility index (Phi) is 5.28. The topological polar surface area (TPSA) is 49.8 Å². The number of carboxylic acids is 1. The van der Waals surface area contributed by atoms with E-state index in [2.05, 4.69) is 0 Å². The standard InChI is InChI=1S/C17H18ClNO3/c1-3-19(12(2)17(20)21)15-11-13(18)9-10-16(15)22-14-7-5-4-6-8-14/h4-12H,3H2,1-2H3,(H,20,21). The first-order chi connectivity index (χ1) is 10.5. The molecule has 5 heteroatoms. The molecule has 1 atom stereocenters. The molecule has 0 aliphatic carbocycles. The molecule has 2 aromatic rings. The molecule has 0 aromatic heterocycles. The number of rotatable bonds is 6. The SMILES string of the molecule is CCN(c1cc(Cl)ccc1Oc1ccccc1)C(C)C(=O)O. The molecule has 0 radical (unpaired) electrons. The fraction of sp³-hybridized carbons (Fsp3) is 0.235. The number of hydrogen-bond acceptors (Lipinski definition) is 3. The second-order valence-corrected chi connectivity index (χ2v) is 5.26. The molecule has 1 unspecified atom stereocenters. The molecular formula is C17H18ClNO3. The summed E-state index contributed by atoms with van der Waals surface area (Å²) in [7, 11) is 0. The molecule has 4 nitrogen and oxygen atoms in total. The minimum Gasteiger partial charge on any atom is -0.480 e. The van der Waals surface area contributed by atoms with Gasteiger partial charge in [0.05, 0.1) is 5.69 Å². The maximum atomic E-state index is 11.3. The monoisotopic (exact) mass is 319 g/mol. The van der Waals surface area contributed by atoms with E-state index < -0.39 is 12.0 Å². The molecule has 22 heavy (non-hydrogen) atoms. The third-order valence-corrected chi connectivity index (χ3v) is 3.60. The van der Waals surface area contributed by atoms with Crippen LogP contribution in [-0.4, -0.2) is 23.7 Å². The lowest BCUT2D eigenvalue weighted by atomic mass is 10.2. The van der Waals surface area contributed by atoms with Crippen molar-refractivity contribution in [3.8, 4) is 11.5 Å². The molecule has 0 amide bonds. The minimum atomic E-state index is -0.896. The quantitative estimate of drug-likeness (QED) is 0.855. The van der Waals surface area contributed by atoms with Crippen LogP contribution in [0.3, 0.4) is 0 Å². The van der Waals surface area contributed by atoms with Crippen LogP contribution in [0.2, 0.25) is 5.02 Å². The second-order valence-electron chi connectivity index (χ2n) is 4.83. The zero-order valence-electron chi connectivity index (χ0n) is 12.5. The van der Waals surface area contributed by atoms with Gasteiger partial charge < -0.3 is 14.7 Å². The summed E-state index contributed by atoms with van der Waals surface area (Å²) < 4.78 is 5.88. The molecule has 1 N–H and O–H groups in total. The van der Waals surface area contributed by atoms with E-state index in [0.717, 1.165) is 0 Å². The average Bonchev–Trinajstić information content (AvgIpc) is 2.51. The summed E-state index contributed by atoms with van der Waals surface area (Å²) in [6, 6.07) is 13.9. The van der Waals surface area contributed by atoms with Gasteiger partial charge in [0.25, 0.3) is 0 Å². The highest BCUT2D eigenvalue weighted by Gasteiger charge is 2.23. The third kappa shape index (κ3) is 3.71. The molecule has 2 aromatic carbocycles. The van der Waals surface area contributed by atoms with E-state index in [9.17, 15) is 9.90 Å². The van der Waals surface area contributed by atoms with Crippen LogP contribution in [-0.2, 0) is 4.79 Å². The Balaban J connectivity index is 2.40. The summed E-state index contributed by atoms with van der Waals surface area (Å²) in [5.41, 5.74) is 0.661. The number of hydrogen-bond donors (Lipinski definition) is 1. The summed E-state index contributed by atoms with van der Waals surface area (Å²) >= 11 is 6.08. The summed E-state index contributed by atoms with van der Waals surface area (Å²) in [4.78, 5) is 13.1. The van der Waals surface area contributed by atoms with E-state index >= 15 is 0 Å². The molecule has 0 saturated carbocycles. The van der Waals surface area contributed by atoms with Gasteiger partial charge in [-0.1, -0.05) is 29.8 Å². The lowest BCUT2D eigenvalue weighted by Crippen LogP contribution is -2.39. The second kappa shape index (κ2) is 7.18. The minimum absolute atomic E-state index is 0.527. The van der Waals surface area contributed by atoms with Crippen LogP contribution >= 0.6 is 11.6 Å². The van der Waals surface area contributed by atoms with E-state index in [1.54, 1.807) is 30.0 Å². The molecule has 2 rings (SSSR count). The van der Waals surface area contributed by atoms with Crippen LogP contribution < -0.4 is 9.64 Å². The Morgan fingerprint density at radius 2 is 1.95 bits per heavy atom. The van der Waals surface area contributed by atoms with Crippen molar-refractivity contribution in [2.45, 2.75) is 19.9 Å². The maximum absolute atomic E-state index is 11.3. The Bertz CT molecular complexity index is 646. The van der Waals surface area contributed by atoms with Gasteiger partial charge in [-0.15, -0.1) is 0 Å². The summed E-state index contributed by atoms with van der Waals surface area (Å²) in [5, 5.41) is 9.81. The van der Waals surface area contributed by atoms with Crippen molar-refractivity contribution in [1.29, 1.82) is 0 Å². The molecule has 0 spiro atoms. The Morgan fingerprint density at radius 1 is 1.27 bits per heavy atom. The fourth-order valence-electron chi connectivity index (χ4n) is 2.20. The first kappa shape index (κ1) is 16.2. The Hall–Kier alpha value is -2.20. The molecule has 0 bridgehead atoms. The van der Waals surface area contributed by atoms with E-state index in [4.69, 9.17) is 16.3 Å². The number of nitrogens with zero attached hydrogens (tertiary/aromatic N) is 1. The number of aliphatic carboxylic acids is 1. The van der Waals surface area contributed by atoms with Gasteiger partial charge in [0.15, 0.2) is 5.75 Å². The summed E-state index contributed by atoms with van der Waals surface area (Å²) in [5.74, 6) is 0.364. The largest absolute Gasteiger partial charge is 0.480 e. The van der Waals surface area contributed by atoms with Gasteiger partial charge in [-0.3, -0.25) is 0 Å². The fourth-order valence-corrected chi connectivity index (χ4v) is 2.37. The predicted molar refractivity (Wildman–Crippen MR) is 88.1 cm³/mol. The highest BCUT2D eigenvalue weighted by atomic mass is 35.5. The van der Waals surface area contributed by atoms with E-state index in [1.165, 1.54) is 0 Å². The van der Waals surface area contributed by atoms with Crippen molar-refractivity contribution in [3.63, 3.8) is 0 Å². The molecule has 0 aliphatic heterocycles. The predicted octanol–water partition coefficient (Wildman–Crippen LogP) is 4.43. The Morgan fingerprint density at radius 3 is 2.55 bits per heavy atom. The molecule has 0 fully saturated rings. The van der Waals surface area contributed by atoms with Gasteiger partial charge in [0.2, 0.25) is 0 Å². The number of carbonyl (C=O) groups is 1. The van der Waals surface area contributed by atoms with E-state index in [1.807, 2.05) is 37.3 Å². The van der Waals surface area contributed by atoms with Crippen LogP contribution in [0.25, 0.3) is 0 Å². The van der Waals surface area contributed by atoms with Gasteiger partial charge in [-0.05, 0) is 44.2 Å².